The number of aromatic nitrogens is 2. The lowest BCUT2D eigenvalue weighted by Gasteiger charge is -2.25. The number of carbonyl (C=O) groups excluding carboxylic acids is 2. The number of nitrogens with zero attached hydrogens (tertiary/aromatic N) is 3. The van der Waals surface area contributed by atoms with Gasteiger partial charge in [0.1, 0.15) is 22.6 Å². The third kappa shape index (κ3) is 10.8. The zero-order chi connectivity index (χ0) is 28.1. The Morgan fingerprint density at radius 1 is 1.11 bits per heavy atom. The number of unbranched alkanes of at least 4 members (excludes halogenated alkanes) is 1. The second kappa shape index (κ2) is 15.5. The summed E-state index contributed by atoms with van der Waals surface area (Å²) in [4.78, 5) is 35.0. The maximum atomic E-state index is 13.0. The highest BCUT2D eigenvalue weighted by molar-refractivity contribution is 9.10. The minimum absolute atomic E-state index is 0.0106. The molecular weight excluding hydrogens is 558 g/mol. The van der Waals surface area contributed by atoms with Crippen LogP contribution in [0.15, 0.2) is 29.0 Å². The zero-order valence-corrected chi connectivity index (χ0v) is 24.3. The van der Waals surface area contributed by atoms with Crippen molar-refractivity contribution in [2.75, 3.05) is 51.1 Å². The van der Waals surface area contributed by atoms with Gasteiger partial charge in [0, 0.05) is 19.2 Å². The number of hydrogen-bond acceptors (Lipinski definition) is 9. The average molecular weight is 597 g/mol. The van der Waals surface area contributed by atoms with E-state index in [0.29, 0.717) is 48.0 Å². The molecule has 12 heteroatoms. The first-order valence-corrected chi connectivity index (χ1v) is 13.2. The van der Waals surface area contributed by atoms with E-state index in [2.05, 4.69) is 38.1 Å². The Morgan fingerprint density at radius 2 is 1.79 bits per heavy atom. The number of rotatable bonds is 14. The van der Waals surface area contributed by atoms with E-state index in [0.717, 1.165) is 12.8 Å². The lowest BCUT2D eigenvalue weighted by Crippen LogP contribution is -2.34. The summed E-state index contributed by atoms with van der Waals surface area (Å²) < 4.78 is 23.0. The van der Waals surface area contributed by atoms with E-state index in [1.807, 2.05) is 6.07 Å². The van der Waals surface area contributed by atoms with Crippen molar-refractivity contribution in [3.05, 3.63) is 40.3 Å². The molecule has 1 aromatic carbocycles. The van der Waals surface area contributed by atoms with Crippen molar-refractivity contribution in [2.24, 2.45) is 0 Å². The summed E-state index contributed by atoms with van der Waals surface area (Å²) >= 11 is 3.20. The van der Waals surface area contributed by atoms with Gasteiger partial charge in [0.25, 0.3) is 5.91 Å². The molecule has 210 valence electrons. The Morgan fingerprint density at radius 3 is 2.47 bits per heavy atom. The van der Waals surface area contributed by atoms with E-state index in [4.69, 9.17) is 24.7 Å². The lowest BCUT2D eigenvalue weighted by atomic mass is 10.1. The molecule has 2 rings (SSSR count). The van der Waals surface area contributed by atoms with Gasteiger partial charge in [-0.1, -0.05) is 25.5 Å². The van der Waals surface area contributed by atoms with Crippen molar-refractivity contribution in [3.63, 3.8) is 0 Å². The van der Waals surface area contributed by atoms with Crippen LogP contribution in [0.3, 0.4) is 0 Å². The number of benzene rings is 1. The second-order valence-electron chi connectivity index (χ2n) is 9.44. The fraction of sp³-hybridized carbons (Fsp3) is 0.538. The van der Waals surface area contributed by atoms with E-state index >= 15 is 0 Å². The molecule has 0 saturated carbocycles. The number of hydrogen-bond donors (Lipinski definition) is 2. The molecule has 2 amide bonds. The van der Waals surface area contributed by atoms with E-state index in [9.17, 15) is 9.59 Å². The number of anilines is 2. The van der Waals surface area contributed by atoms with Crippen LogP contribution >= 0.6 is 15.9 Å². The predicted molar refractivity (Wildman–Crippen MR) is 148 cm³/mol. The standard InChI is InChI=1S/C26H38BrN5O6/c1-6-7-11-35-12-13-36-14-15-37-22-18(17-32(5)25(34)38-26(2,3)4)9-8-10-19(22)30-24(33)21-23(28)29-16-20(27)31-21/h8-10,16H,6-7,11-15,17H2,1-5H3,(H2,28,29)(H,30,33). The topological polar surface area (TPSA) is 138 Å². The summed E-state index contributed by atoms with van der Waals surface area (Å²) in [7, 11) is 1.63. The Labute approximate surface area is 232 Å². The molecule has 1 heterocycles. The molecule has 11 nitrogen and oxygen atoms in total. The fourth-order valence-electron chi connectivity index (χ4n) is 3.13. The molecule has 0 unspecified atom stereocenters. The average Bonchev–Trinajstić information content (AvgIpc) is 2.84. The van der Waals surface area contributed by atoms with Crippen molar-refractivity contribution in [1.82, 2.24) is 14.9 Å². The van der Waals surface area contributed by atoms with Crippen LogP contribution in [-0.2, 0) is 20.8 Å². The molecule has 2 aromatic rings. The smallest absolute Gasteiger partial charge is 0.410 e. The summed E-state index contributed by atoms with van der Waals surface area (Å²) in [5.74, 6) is -0.177. The van der Waals surface area contributed by atoms with E-state index < -0.39 is 17.6 Å². The molecule has 0 saturated heterocycles. The van der Waals surface area contributed by atoms with Gasteiger partial charge >= 0.3 is 6.09 Å². The zero-order valence-electron chi connectivity index (χ0n) is 22.7. The van der Waals surface area contributed by atoms with Crippen LogP contribution in [0.4, 0.5) is 16.3 Å². The fourth-order valence-corrected chi connectivity index (χ4v) is 3.41. The van der Waals surface area contributed by atoms with Crippen molar-refractivity contribution < 1.29 is 28.5 Å². The van der Waals surface area contributed by atoms with Gasteiger partial charge in [-0.2, -0.15) is 0 Å². The number of ether oxygens (including phenoxy) is 4. The van der Waals surface area contributed by atoms with Gasteiger partial charge in [-0.25, -0.2) is 14.8 Å². The molecule has 0 spiro atoms. The molecule has 0 aliphatic rings. The lowest BCUT2D eigenvalue weighted by molar-refractivity contribution is 0.0280. The number of nitrogens with two attached hydrogens (primary N) is 1. The largest absolute Gasteiger partial charge is 0.489 e. The van der Waals surface area contributed by atoms with Crippen LogP contribution in [0.25, 0.3) is 0 Å². The van der Waals surface area contributed by atoms with Gasteiger partial charge in [0.15, 0.2) is 11.5 Å². The molecule has 0 radical (unpaired) electrons. The first-order chi connectivity index (χ1) is 18.0. The van der Waals surface area contributed by atoms with Gasteiger partial charge in [-0.15, -0.1) is 0 Å². The van der Waals surface area contributed by atoms with Crippen molar-refractivity contribution in [1.29, 1.82) is 0 Å². The Bertz CT molecular complexity index is 1060. The van der Waals surface area contributed by atoms with Gasteiger partial charge < -0.3 is 34.9 Å². The number of nitrogens with one attached hydrogen (secondary N) is 1. The van der Waals surface area contributed by atoms with Crippen LogP contribution in [0.2, 0.25) is 0 Å². The third-order valence-corrected chi connectivity index (χ3v) is 5.31. The first kappa shape index (κ1) is 31.3. The highest BCUT2D eigenvalue weighted by Crippen LogP contribution is 2.31. The summed E-state index contributed by atoms with van der Waals surface area (Å²) in [5.41, 5.74) is 6.23. The number of para-hydroxylation sites is 1. The molecular formula is C26H38BrN5O6. The minimum Gasteiger partial charge on any atom is -0.489 e. The quantitative estimate of drug-likeness (QED) is 0.299. The number of nitrogen functional groups attached to an aromatic ring is 1. The first-order valence-electron chi connectivity index (χ1n) is 12.5. The highest BCUT2D eigenvalue weighted by atomic mass is 79.9. The Hall–Kier alpha value is -2.96. The monoisotopic (exact) mass is 595 g/mol. The number of carbonyl (C=O) groups is 2. The molecule has 0 atom stereocenters. The molecule has 0 bridgehead atoms. The second-order valence-corrected chi connectivity index (χ2v) is 10.3. The molecule has 1 aromatic heterocycles. The van der Waals surface area contributed by atoms with Crippen molar-refractivity contribution in [3.8, 4) is 5.75 Å². The molecule has 0 fully saturated rings. The maximum absolute atomic E-state index is 13.0. The van der Waals surface area contributed by atoms with Crippen molar-refractivity contribution in [2.45, 2.75) is 52.7 Å². The van der Waals surface area contributed by atoms with E-state index in [1.54, 1.807) is 40.0 Å². The van der Waals surface area contributed by atoms with Crippen LogP contribution in [0.1, 0.15) is 56.6 Å². The minimum atomic E-state index is -0.636. The normalized spacial score (nSPS) is 11.2. The van der Waals surface area contributed by atoms with Crippen LogP contribution in [0, 0.1) is 0 Å². The summed E-state index contributed by atoms with van der Waals surface area (Å²) in [6.07, 6.45) is 3.02. The van der Waals surface area contributed by atoms with Crippen LogP contribution < -0.4 is 15.8 Å². The Kier molecular flexibility index (Phi) is 12.7. The third-order valence-electron chi connectivity index (χ3n) is 4.93. The molecule has 38 heavy (non-hydrogen) atoms. The van der Waals surface area contributed by atoms with Crippen LogP contribution in [0.5, 0.6) is 5.75 Å². The van der Waals surface area contributed by atoms with E-state index in [-0.39, 0.29) is 24.7 Å². The van der Waals surface area contributed by atoms with Gasteiger partial charge in [0.2, 0.25) is 0 Å². The van der Waals surface area contributed by atoms with Gasteiger partial charge in [-0.3, -0.25) is 4.79 Å². The molecule has 3 N–H and O–H groups in total. The highest BCUT2D eigenvalue weighted by Gasteiger charge is 2.22. The van der Waals surface area contributed by atoms with Gasteiger partial charge in [0.05, 0.1) is 38.2 Å². The summed E-state index contributed by atoms with van der Waals surface area (Å²) in [5, 5.41) is 2.79. The molecule has 0 aliphatic carbocycles. The predicted octanol–water partition coefficient (Wildman–Crippen LogP) is 4.65. The summed E-state index contributed by atoms with van der Waals surface area (Å²) in [6, 6.07) is 5.25. The van der Waals surface area contributed by atoms with Crippen LogP contribution in [-0.4, -0.2) is 72.6 Å². The van der Waals surface area contributed by atoms with E-state index in [1.165, 1.54) is 11.1 Å². The number of halogens is 1. The van der Waals surface area contributed by atoms with Gasteiger partial charge in [-0.05, 0) is 49.2 Å². The Balaban J connectivity index is 2.16. The van der Waals surface area contributed by atoms with Crippen molar-refractivity contribution >= 4 is 39.4 Å². The SMILES string of the molecule is CCCCOCCOCCOc1c(CN(C)C(=O)OC(C)(C)C)cccc1NC(=O)c1nc(Br)cnc1N. The summed E-state index contributed by atoms with van der Waals surface area (Å²) in [6.45, 7) is 9.88. The number of amides is 2. The molecule has 0 aliphatic heterocycles. The maximum Gasteiger partial charge on any atom is 0.410 e.